The number of rotatable bonds is 5. The molecule has 0 radical (unpaired) electrons. The van der Waals surface area contributed by atoms with Gasteiger partial charge in [0.15, 0.2) is 5.82 Å². The number of hydrogen-bond donors (Lipinski definition) is 1. The maximum absolute atomic E-state index is 11.8. The molecule has 0 spiro atoms. The first-order valence-electron chi connectivity index (χ1n) is 7.11. The minimum atomic E-state index is -0.0460. The van der Waals surface area contributed by atoms with Gasteiger partial charge in [0, 0.05) is 12.0 Å². The van der Waals surface area contributed by atoms with Crippen LogP contribution in [0.15, 0.2) is 28.8 Å². The van der Waals surface area contributed by atoms with Gasteiger partial charge in [-0.1, -0.05) is 25.9 Å². The van der Waals surface area contributed by atoms with Crippen molar-refractivity contribution in [3.05, 3.63) is 30.1 Å². The number of nitrogens with one attached hydrogen (secondary N) is 1. The van der Waals surface area contributed by atoms with Gasteiger partial charge in [0.25, 0.3) is 5.89 Å². The van der Waals surface area contributed by atoms with Crippen LogP contribution in [0.2, 0.25) is 0 Å². The van der Waals surface area contributed by atoms with Gasteiger partial charge in [-0.15, -0.1) is 0 Å². The molecular weight excluding hydrogens is 282 g/mol. The van der Waals surface area contributed by atoms with Crippen molar-refractivity contribution in [2.24, 2.45) is 5.41 Å². The molecule has 0 saturated heterocycles. The van der Waals surface area contributed by atoms with Crippen LogP contribution in [-0.4, -0.2) is 23.2 Å². The smallest absolute Gasteiger partial charge is 0.257 e. The largest absolute Gasteiger partial charge is 0.497 e. The summed E-state index contributed by atoms with van der Waals surface area (Å²) in [6.07, 6.45) is 0.455. The maximum Gasteiger partial charge on any atom is 0.257 e. The van der Waals surface area contributed by atoms with Crippen molar-refractivity contribution in [1.29, 1.82) is 0 Å². The number of aromatic nitrogens is 2. The Kier molecular flexibility index (Phi) is 4.80. The zero-order chi connectivity index (χ0) is 16.2. The number of carbonyl (C=O) groups excluding carboxylic acids is 1. The van der Waals surface area contributed by atoms with Gasteiger partial charge in [-0.05, 0) is 29.7 Å². The van der Waals surface area contributed by atoms with E-state index in [4.69, 9.17) is 9.26 Å². The van der Waals surface area contributed by atoms with Gasteiger partial charge >= 0.3 is 0 Å². The highest BCUT2D eigenvalue weighted by Crippen LogP contribution is 2.21. The van der Waals surface area contributed by atoms with E-state index in [1.807, 2.05) is 45.0 Å². The zero-order valence-corrected chi connectivity index (χ0v) is 13.3. The van der Waals surface area contributed by atoms with Crippen LogP contribution in [0.4, 0.5) is 0 Å². The molecular formula is C16H21N3O3. The topological polar surface area (TPSA) is 77.2 Å². The van der Waals surface area contributed by atoms with Gasteiger partial charge in [0.2, 0.25) is 5.91 Å². The van der Waals surface area contributed by atoms with Crippen LogP contribution in [-0.2, 0) is 11.3 Å². The molecule has 0 unspecified atom stereocenters. The van der Waals surface area contributed by atoms with E-state index in [0.717, 1.165) is 11.3 Å². The molecule has 0 bridgehead atoms. The summed E-state index contributed by atoms with van der Waals surface area (Å²) < 4.78 is 10.3. The molecule has 0 fully saturated rings. The average molecular weight is 303 g/mol. The minimum Gasteiger partial charge on any atom is -0.497 e. The monoisotopic (exact) mass is 303 g/mol. The van der Waals surface area contributed by atoms with Crippen molar-refractivity contribution in [3.63, 3.8) is 0 Å². The van der Waals surface area contributed by atoms with E-state index < -0.39 is 0 Å². The highest BCUT2D eigenvalue weighted by molar-refractivity contribution is 5.76. The lowest BCUT2D eigenvalue weighted by atomic mass is 9.92. The number of benzene rings is 1. The normalized spacial score (nSPS) is 11.3. The van der Waals surface area contributed by atoms with Crippen LogP contribution < -0.4 is 10.1 Å². The Hall–Kier alpha value is -2.37. The predicted molar refractivity (Wildman–Crippen MR) is 82.2 cm³/mol. The Bertz CT molecular complexity index is 627. The Morgan fingerprint density at radius 3 is 2.55 bits per heavy atom. The summed E-state index contributed by atoms with van der Waals surface area (Å²) in [6.45, 7) is 6.31. The van der Waals surface area contributed by atoms with Crippen LogP contribution >= 0.6 is 0 Å². The van der Waals surface area contributed by atoms with E-state index in [2.05, 4.69) is 15.5 Å². The molecule has 0 aliphatic rings. The van der Waals surface area contributed by atoms with Crippen LogP contribution in [0.1, 0.15) is 33.0 Å². The summed E-state index contributed by atoms with van der Waals surface area (Å²) in [7, 11) is 1.61. The van der Waals surface area contributed by atoms with Gasteiger partial charge < -0.3 is 14.6 Å². The van der Waals surface area contributed by atoms with Crippen LogP contribution in [0.5, 0.6) is 5.75 Å². The summed E-state index contributed by atoms with van der Waals surface area (Å²) in [6, 6.07) is 7.33. The van der Waals surface area contributed by atoms with Crippen molar-refractivity contribution < 1.29 is 14.1 Å². The van der Waals surface area contributed by atoms with E-state index in [1.165, 1.54) is 0 Å². The lowest BCUT2D eigenvalue weighted by Crippen LogP contribution is -2.27. The first kappa shape index (κ1) is 16.0. The highest BCUT2D eigenvalue weighted by Gasteiger charge is 2.16. The van der Waals surface area contributed by atoms with E-state index in [1.54, 1.807) is 7.11 Å². The van der Waals surface area contributed by atoms with Crippen LogP contribution in [0, 0.1) is 5.41 Å². The van der Waals surface area contributed by atoms with Gasteiger partial charge in [-0.2, -0.15) is 4.98 Å². The second kappa shape index (κ2) is 6.60. The third-order valence-corrected chi connectivity index (χ3v) is 2.94. The highest BCUT2D eigenvalue weighted by atomic mass is 16.5. The molecule has 1 aromatic carbocycles. The number of hydrogen-bond acceptors (Lipinski definition) is 5. The fourth-order valence-electron chi connectivity index (χ4n) is 1.90. The molecule has 6 nitrogen and oxygen atoms in total. The molecule has 118 valence electrons. The second-order valence-corrected chi connectivity index (χ2v) is 6.26. The third-order valence-electron chi connectivity index (χ3n) is 2.94. The zero-order valence-electron chi connectivity index (χ0n) is 13.3. The summed E-state index contributed by atoms with van der Waals surface area (Å²) in [4.78, 5) is 16.0. The van der Waals surface area contributed by atoms with Gasteiger partial charge in [0.05, 0.1) is 13.7 Å². The third kappa shape index (κ3) is 4.58. The first-order valence-corrected chi connectivity index (χ1v) is 7.11. The van der Waals surface area contributed by atoms with E-state index in [0.29, 0.717) is 18.1 Å². The molecule has 1 heterocycles. The minimum absolute atomic E-state index is 0.0247. The van der Waals surface area contributed by atoms with Gasteiger partial charge in [-0.25, -0.2) is 0 Å². The number of carbonyl (C=O) groups is 1. The van der Waals surface area contributed by atoms with Crippen molar-refractivity contribution in [1.82, 2.24) is 15.5 Å². The van der Waals surface area contributed by atoms with E-state index >= 15 is 0 Å². The molecule has 6 heteroatoms. The van der Waals surface area contributed by atoms with Crippen molar-refractivity contribution in [2.75, 3.05) is 7.11 Å². The predicted octanol–water partition coefficient (Wildman–Crippen LogP) is 2.80. The Morgan fingerprint density at radius 1 is 1.27 bits per heavy atom. The Labute approximate surface area is 129 Å². The number of methoxy groups -OCH3 is 1. The number of amides is 1. The Balaban J connectivity index is 1.95. The summed E-state index contributed by atoms with van der Waals surface area (Å²) in [5.74, 6) is 1.61. The molecule has 2 rings (SSSR count). The van der Waals surface area contributed by atoms with Crippen molar-refractivity contribution in [3.8, 4) is 17.2 Å². The first-order chi connectivity index (χ1) is 10.4. The van der Waals surface area contributed by atoms with Crippen molar-refractivity contribution in [2.45, 2.75) is 33.7 Å². The maximum atomic E-state index is 11.8. The average Bonchev–Trinajstić information content (AvgIpc) is 2.92. The van der Waals surface area contributed by atoms with Gasteiger partial charge in [-0.3, -0.25) is 4.79 Å². The van der Waals surface area contributed by atoms with Crippen LogP contribution in [0.25, 0.3) is 11.5 Å². The van der Waals surface area contributed by atoms with E-state index in [9.17, 15) is 4.79 Å². The molecule has 22 heavy (non-hydrogen) atoms. The molecule has 0 atom stereocenters. The number of nitrogens with zero attached hydrogens (tertiary/aromatic N) is 2. The lowest BCUT2D eigenvalue weighted by molar-refractivity contribution is -0.123. The second-order valence-electron chi connectivity index (χ2n) is 6.26. The summed E-state index contributed by atoms with van der Waals surface area (Å²) in [5.41, 5.74) is 0.760. The molecule has 2 aromatic rings. The fourth-order valence-corrected chi connectivity index (χ4v) is 1.90. The summed E-state index contributed by atoms with van der Waals surface area (Å²) >= 11 is 0. The van der Waals surface area contributed by atoms with E-state index in [-0.39, 0.29) is 17.9 Å². The molecule has 0 aliphatic carbocycles. The van der Waals surface area contributed by atoms with Gasteiger partial charge in [0.1, 0.15) is 5.75 Å². The Morgan fingerprint density at radius 2 is 1.95 bits per heavy atom. The quantitative estimate of drug-likeness (QED) is 0.919. The SMILES string of the molecule is COc1ccc(-c2nc(CNC(=O)CC(C)(C)C)no2)cc1. The molecule has 1 N–H and O–H groups in total. The standard InChI is InChI=1S/C16H21N3O3/c1-16(2,3)9-14(20)17-10-13-18-15(22-19-13)11-5-7-12(21-4)8-6-11/h5-8H,9-10H2,1-4H3,(H,17,20). The van der Waals surface area contributed by atoms with Crippen LogP contribution in [0.3, 0.4) is 0 Å². The van der Waals surface area contributed by atoms with Crippen molar-refractivity contribution >= 4 is 5.91 Å². The summed E-state index contributed by atoms with van der Waals surface area (Å²) in [5, 5.41) is 6.67. The molecule has 0 saturated carbocycles. The molecule has 1 amide bonds. The lowest BCUT2D eigenvalue weighted by Gasteiger charge is -2.16. The molecule has 0 aliphatic heterocycles. The fraction of sp³-hybridized carbons (Fsp3) is 0.438. The molecule has 1 aromatic heterocycles. The number of ether oxygens (including phenoxy) is 1.